The second kappa shape index (κ2) is 13.1. The van der Waals surface area contributed by atoms with Gasteiger partial charge in [-0.3, -0.25) is 14.9 Å². The number of H-pyrrole nitrogens is 1. The molecule has 0 aliphatic heterocycles. The SMILES string of the molecule is Br.c1ccc(CNCc2cccc(CCN(Cc3nc4ccccc4[nH]3)C3CCCc4cccnc43)c2)nc1. The van der Waals surface area contributed by atoms with E-state index in [9.17, 15) is 0 Å². The second-order valence-electron chi connectivity index (χ2n) is 10.1. The van der Waals surface area contributed by atoms with Gasteiger partial charge in [0.2, 0.25) is 0 Å². The van der Waals surface area contributed by atoms with Crippen LogP contribution in [0.15, 0.2) is 91.3 Å². The van der Waals surface area contributed by atoms with Gasteiger partial charge in [0.05, 0.1) is 35.0 Å². The smallest absolute Gasteiger partial charge is 0.121 e. The van der Waals surface area contributed by atoms with Crippen LogP contribution in [-0.2, 0) is 32.5 Å². The molecule has 2 N–H and O–H groups in total. The Hall–Kier alpha value is -3.39. The summed E-state index contributed by atoms with van der Waals surface area (Å²) in [4.78, 5) is 20.3. The van der Waals surface area contributed by atoms with Gasteiger partial charge in [0.15, 0.2) is 0 Å². The molecule has 1 aliphatic rings. The molecule has 0 spiro atoms. The number of pyridine rings is 2. The lowest BCUT2D eigenvalue weighted by atomic mass is 9.90. The topological polar surface area (TPSA) is 69.7 Å². The number of benzene rings is 2. The first-order valence-corrected chi connectivity index (χ1v) is 13.6. The summed E-state index contributed by atoms with van der Waals surface area (Å²) in [6.45, 7) is 3.32. The number of nitrogens with zero attached hydrogens (tertiary/aromatic N) is 4. The second-order valence-corrected chi connectivity index (χ2v) is 10.1. The number of aromatic nitrogens is 4. The molecule has 39 heavy (non-hydrogen) atoms. The zero-order valence-corrected chi connectivity index (χ0v) is 23.8. The Morgan fingerprint density at radius 2 is 1.74 bits per heavy atom. The van der Waals surface area contributed by atoms with Crippen LogP contribution in [0.3, 0.4) is 0 Å². The maximum atomic E-state index is 4.90. The molecule has 1 atom stereocenters. The average molecular weight is 584 g/mol. The molecule has 6 rings (SSSR count). The van der Waals surface area contributed by atoms with Gasteiger partial charge in [-0.1, -0.05) is 48.5 Å². The minimum atomic E-state index is 0. The molecular weight excluding hydrogens is 548 g/mol. The summed E-state index contributed by atoms with van der Waals surface area (Å²) >= 11 is 0. The highest BCUT2D eigenvalue weighted by Crippen LogP contribution is 2.34. The van der Waals surface area contributed by atoms with Crippen LogP contribution < -0.4 is 5.32 Å². The summed E-state index contributed by atoms with van der Waals surface area (Å²) in [6, 6.07) is 27.9. The monoisotopic (exact) mass is 582 g/mol. The van der Waals surface area contributed by atoms with Gasteiger partial charge in [-0.15, -0.1) is 17.0 Å². The normalized spacial score (nSPS) is 14.7. The molecule has 5 aromatic rings. The highest BCUT2D eigenvalue weighted by atomic mass is 79.9. The van der Waals surface area contributed by atoms with Crippen LogP contribution in [0.2, 0.25) is 0 Å². The Morgan fingerprint density at radius 1 is 0.872 bits per heavy atom. The van der Waals surface area contributed by atoms with Gasteiger partial charge >= 0.3 is 0 Å². The Kier molecular flexibility index (Phi) is 9.14. The molecule has 0 bridgehead atoms. The van der Waals surface area contributed by atoms with E-state index in [2.05, 4.69) is 80.8 Å². The fourth-order valence-corrected chi connectivity index (χ4v) is 5.56. The molecule has 6 nitrogen and oxygen atoms in total. The number of para-hydroxylation sites is 2. The number of rotatable bonds is 10. The highest BCUT2D eigenvalue weighted by molar-refractivity contribution is 8.93. The zero-order valence-electron chi connectivity index (χ0n) is 22.1. The van der Waals surface area contributed by atoms with Crippen LogP contribution in [0.25, 0.3) is 11.0 Å². The summed E-state index contributed by atoms with van der Waals surface area (Å²) < 4.78 is 0. The lowest BCUT2D eigenvalue weighted by molar-refractivity contribution is 0.164. The van der Waals surface area contributed by atoms with Gasteiger partial charge in [-0.05, 0) is 72.7 Å². The predicted molar refractivity (Wildman–Crippen MR) is 162 cm³/mol. The van der Waals surface area contributed by atoms with Crippen molar-refractivity contribution in [2.75, 3.05) is 6.54 Å². The van der Waals surface area contributed by atoms with E-state index >= 15 is 0 Å². The van der Waals surface area contributed by atoms with Crippen molar-refractivity contribution in [1.29, 1.82) is 0 Å². The number of aryl methyl sites for hydroxylation is 1. The number of fused-ring (bicyclic) bond motifs is 2. The Morgan fingerprint density at radius 3 is 2.64 bits per heavy atom. The third kappa shape index (κ3) is 6.79. The maximum Gasteiger partial charge on any atom is 0.121 e. The van der Waals surface area contributed by atoms with Gasteiger partial charge < -0.3 is 10.3 Å². The summed E-state index contributed by atoms with van der Waals surface area (Å²) in [5.74, 6) is 1.02. The molecular formula is C32H35BrN6. The quantitative estimate of drug-likeness (QED) is 0.201. The number of aromatic amines is 1. The van der Waals surface area contributed by atoms with E-state index in [1.807, 2.05) is 30.6 Å². The minimum Gasteiger partial charge on any atom is -0.341 e. The molecule has 7 heteroatoms. The molecule has 2 aromatic carbocycles. The van der Waals surface area contributed by atoms with Crippen LogP contribution in [0.5, 0.6) is 0 Å². The van der Waals surface area contributed by atoms with Crippen molar-refractivity contribution in [3.05, 3.63) is 125 Å². The molecule has 1 unspecified atom stereocenters. The van der Waals surface area contributed by atoms with Crippen molar-refractivity contribution in [2.24, 2.45) is 0 Å². The molecule has 0 amide bonds. The summed E-state index contributed by atoms with van der Waals surface area (Å²) in [5, 5.41) is 3.52. The summed E-state index contributed by atoms with van der Waals surface area (Å²) in [7, 11) is 0. The fraction of sp³-hybridized carbons (Fsp3) is 0.281. The predicted octanol–water partition coefficient (Wildman–Crippen LogP) is 6.34. The van der Waals surface area contributed by atoms with Crippen molar-refractivity contribution in [3.63, 3.8) is 0 Å². The highest BCUT2D eigenvalue weighted by Gasteiger charge is 2.27. The summed E-state index contributed by atoms with van der Waals surface area (Å²) in [6.07, 6.45) is 8.20. The Balaban J connectivity index is 0.00000308. The van der Waals surface area contributed by atoms with Crippen LogP contribution in [-0.4, -0.2) is 31.4 Å². The van der Waals surface area contributed by atoms with Crippen molar-refractivity contribution < 1.29 is 0 Å². The van der Waals surface area contributed by atoms with Crippen LogP contribution in [0.1, 0.15) is 52.8 Å². The molecule has 0 radical (unpaired) electrons. The standard InChI is InChI=1S/C32H34N6.BrH/c1-2-14-29-28(13-1)36-31(37-29)23-38(30-15-6-10-26-11-7-18-35-32(26)30)19-16-24-8-5-9-25(20-24)21-33-22-27-12-3-4-17-34-27;/h1-5,7-9,11-14,17-18,20,30,33H,6,10,15-16,19,21-23H2,(H,36,37);1H. The van der Waals surface area contributed by atoms with Gasteiger partial charge in [-0.25, -0.2) is 4.98 Å². The number of nitrogens with one attached hydrogen (secondary N) is 2. The molecule has 0 saturated carbocycles. The number of imidazole rings is 1. The molecule has 1 aliphatic carbocycles. The lowest BCUT2D eigenvalue weighted by Crippen LogP contribution is -2.33. The van der Waals surface area contributed by atoms with Crippen LogP contribution in [0.4, 0.5) is 0 Å². The lowest BCUT2D eigenvalue weighted by Gasteiger charge is -2.34. The first-order chi connectivity index (χ1) is 18.8. The summed E-state index contributed by atoms with van der Waals surface area (Å²) in [5.41, 5.74) is 8.46. The molecule has 3 aromatic heterocycles. The van der Waals surface area contributed by atoms with Gasteiger partial charge in [-0.2, -0.15) is 0 Å². The van der Waals surface area contributed by atoms with E-state index in [0.29, 0.717) is 6.04 Å². The van der Waals surface area contributed by atoms with E-state index in [1.54, 1.807) is 0 Å². The Labute approximate surface area is 240 Å². The third-order valence-corrected chi connectivity index (χ3v) is 7.44. The number of hydrogen-bond acceptors (Lipinski definition) is 5. The first-order valence-electron chi connectivity index (χ1n) is 13.6. The van der Waals surface area contributed by atoms with Crippen LogP contribution >= 0.6 is 17.0 Å². The van der Waals surface area contributed by atoms with E-state index < -0.39 is 0 Å². The number of halogens is 1. The minimum absolute atomic E-state index is 0. The van der Waals surface area contributed by atoms with Gasteiger partial charge in [0.25, 0.3) is 0 Å². The van der Waals surface area contributed by atoms with Gasteiger partial charge in [0, 0.05) is 32.0 Å². The first kappa shape index (κ1) is 27.2. The maximum absolute atomic E-state index is 4.90. The van der Waals surface area contributed by atoms with Crippen molar-refractivity contribution >= 4 is 28.0 Å². The van der Waals surface area contributed by atoms with Crippen molar-refractivity contribution in [1.82, 2.24) is 30.2 Å². The van der Waals surface area contributed by atoms with E-state index in [-0.39, 0.29) is 17.0 Å². The zero-order chi connectivity index (χ0) is 25.6. The third-order valence-electron chi connectivity index (χ3n) is 7.44. The molecule has 3 heterocycles. The largest absolute Gasteiger partial charge is 0.341 e. The average Bonchev–Trinajstić information content (AvgIpc) is 3.38. The fourth-order valence-electron chi connectivity index (χ4n) is 5.56. The Bertz CT molecular complexity index is 1450. The molecule has 200 valence electrons. The molecule has 0 fully saturated rings. The van der Waals surface area contributed by atoms with Crippen molar-refractivity contribution in [3.8, 4) is 0 Å². The molecule has 0 saturated heterocycles. The van der Waals surface area contributed by atoms with Crippen LogP contribution in [0, 0.1) is 0 Å². The van der Waals surface area contributed by atoms with E-state index in [4.69, 9.17) is 9.97 Å². The number of hydrogen-bond donors (Lipinski definition) is 2. The van der Waals surface area contributed by atoms with E-state index in [0.717, 1.165) is 68.0 Å². The van der Waals surface area contributed by atoms with E-state index in [1.165, 1.54) is 28.8 Å². The van der Waals surface area contributed by atoms with Gasteiger partial charge in [0.1, 0.15) is 5.82 Å². The van der Waals surface area contributed by atoms with Crippen molar-refractivity contribution in [2.45, 2.75) is 51.4 Å².